The van der Waals surface area contributed by atoms with Gasteiger partial charge in [-0.3, -0.25) is 9.59 Å². The first-order valence-corrected chi connectivity index (χ1v) is 11.3. The van der Waals surface area contributed by atoms with E-state index >= 15 is 0 Å². The summed E-state index contributed by atoms with van der Waals surface area (Å²) >= 11 is 2.78. The van der Waals surface area contributed by atoms with Crippen LogP contribution in [-0.2, 0) is 4.79 Å². The number of nitrogens with one attached hydrogen (secondary N) is 2. The molecule has 4 rings (SSSR count). The molecule has 0 saturated heterocycles. The summed E-state index contributed by atoms with van der Waals surface area (Å²) in [6.45, 7) is 2.53. The first-order chi connectivity index (χ1) is 15.1. The molecular weight excluding hydrogens is 434 g/mol. The molecule has 0 radical (unpaired) electrons. The van der Waals surface area contributed by atoms with Crippen molar-refractivity contribution in [2.24, 2.45) is 0 Å². The van der Waals surface area contributed by atoms with Crippen molar-refractivity contribution in [1.29, 1.82) is 0 Å². The number of carbonyl (C=O) groups is 2. The predicted octanol–water partition coefficient (Wildman–Crippen LogP) is 5.27. The number of anilines is 2. The van der Waals surface area contributed by atoms with E-state index in [2.05, 4.69) is 15.6 Å². The molecule has 0 atom stereocenters. The molecule has 9 heteroatoms. The van der Waals surface area contributed by atoms with Crippen molar-refractivity contribution < 1.29 is 18.7 Å². The van der Waals surface area contributed by atoms with Gasteiger partial charge < -0.3 is 19.8 Å². The summed E-state index contributed by atoms with van der Waals surface area (Å²) in [6.07, 6.45) is 1.45. The summed E-state index contributed by atoms with van der Waals surface area (Å²) in [7, 11) is 0. The Labute approximate surface area is 186 Å². The molecule has 0 bridgehead atoms. The third-order valence-electron chi connectivity index (χ3n) is 4.12. The van der Waals surface area contributed by atoms with Gasteiger partial charge in [0.2, 0.25) is 5.91 Å². The van der Waals surface area contributed by atoms with Gasteiger partial charge in [-0.1, -0.05) is 17.4 Å². The third-order valence-corrected chi connectivity index (χ3v) is 6.05. The molecule has 158 valence electrons. The number of thiazole rings is 1. The average molecular weight is 454 g/mol. The molecule has 2 heterocycles. The first kappa shape index (κ1) is 21.0. The fourth-order valence-corrected chi connectivity index (χ4v) is 4.45. The number of benzene rings is 2. The second-order valence-electron chi connectivity index (χ2n) is 6.38. The van der Waals surface area contributed by atoms with E-state index in [1.165, 1.54) is 29.4 Å². The normalized spacial score (nSPS) is 10.7. The summed E-state index contributed by atoms with van der Waals surface area (Å²) in [4.78, 5) is 29.8. The van der Waals surface area contributed by atoms with Crippen molar-refractivity contribution in [2.75, 3.05) is 23.0 Å². The van der Waals surface area contributed by atoms with Crippen molar-refractivity contribution in [2.45, 2.75) is 11.8 Å². The standard InChI is InChI=1S/C22H19N3O4S2/c1-2-28-15-8-9-17-19(12-15)31-22(24-17)25-20(26)13-30-16-6-3-5-14(11-16)23-21(27)18-7-4-10-29-18/h3-12H,2,13H2,1H3,(H,23,27)(H,24,25,26). The van der Waals surface area contributed by atoms with Gasteiger partial charge in [0.15, 0.2) is 10.9 Å². The van der Waals surface area contributed by atoms with Crippen molar-refractivity contribution >= 4 is 55.9 Å². The summed E-state index contributed by atoms with van der Waals surface area (Å²) < 4.78 is 11.5. The van der Waals surface area contributed by atoms with Crippen LogP contribution in [0.2, 0.25) is 0 Å². The molecular formula is C22H19N3O4S2. The molecule has 0 aliphatic rings. The van der Waals surface area contributed by atoms with Crippen LogP contribution in [0.25, 0.3) is 10.2 Å². The van der Waals surface area contributed by atoms with Gasteiger partial charge in [0, 0.05) is 10.6 Å². The van der Waals surface area contributed by atoms with E-state index in [1.807, 2.05) is 43.3 Å². The number of carbonyl (C=O) groups excluding carboxylic acids is 2. The van der Waals surface area contributed by atoms with E-state index < -0.39 is 0 Å². The number of fused-ring (bicyclic) bond motifs is 1. The Hall–Kier alpha value is -3.30. The van der Waals surface area contributed by atoms with Gasteiger partial charge in [-0.05, 0) is 55.5 Å². The molecule has 31 heavy (non-hydrogen) atoms. The minimum absolute atomic E-state index is 0.154. The molecule has 0 unspecified atom stereocenters. The summed E-state index contributed by atoms with van der Waals surface area (Å²) in [5.74, 6) is 0.760. The molecule has 2 amide bonds. The maximum absolute atomic E-state index is 12.4. The fraction of sp³-hybridized carbons (Fsp3) is 0.136. The first-order valence-electron chi connectivity index (χ1n) is 9.51. The SMILES string of the molecule is CCOc1ccc2nc(NC(=O)CSc3cccc(NC(=O)c4ccco4)c3)sc2c1. The predicted molar refractivity (Wildman–Crippen MR) is 123 cm³/mol. The lowest BCUT2D eigenvalue weighted by molar-refractivity contribution is -0.113. The van der Waals surface area contributed by atoms with Crippen LogP contribution in [0, 0.1) is 0 Å². The van der Waals surface area contributed by atoms with E-state index in [4.69, 9.17) is 9.15 Å². The molecule has 7 nitrogen and oxygen atoms in total. The van der Waals surface area contributed by atoms with Crippen LogP contribution in [0.1, 0.15) is 17.5 Å². The molecule has 0 spiro atoms. The Kier molecular flexibility index (Phi) is 6.54. The zero-order chi connectivity index (χ0) is 21.6. The molecule has 0 fully saturated rings. The Morgan fingerprint density at radius 2 is 2.03 bits per heavy atom. The van der Waals surface area contributed by atoms with E-state index in [1.54, 1.807) is 18.2 Å². The zero-order valence-electron chi connectivity index (χ0n) is 16.6. The molecule has 4 aromatic rings. The molecule has 0 aliphatic heterocycles. The van der Waals surface area contributed by atoms with Crippen molar-refractivity contribution in [3.8, 4) is 5.75 Å². The number of hydrogen-bond donors (Lipinski definition) is 2. The molecule has 0 aliphatic carbocycles. The van der Waals surface area contributed by atoms with Gasteiger partial charge in [-0.15, -0.1) is 11.8 Å². The van der Waals surface area contributed by atoms with Crippen molar-refractivity contribution in [3.63, 3.8) is 0 Å². The topological polar surface area (TPSA) is 93.5 Å². The van der Waals surface area contributed by atoms with Crippen LogP contribution in [-0.4, -0.2) is 29.2 Å². The number of nitrogens with zero attached hydrogens (tertiary/aromatic N) is 1. The lowest BCUT2D eigenvalue weighted by Gasteiger charge is -2.06. The smallest absolute Gasteiger partial charge is 0.291 e. The van der Waals surface area contributed by atoms with Crippen LogP contribution in [0.15, 0.2) is 70.2 Å². The number of amides is 2. The van der Waals surface area contributed by atoms with Crippen LogP contribution in [0.3, 0.4) is 0 Å². The lowest BCUT2D eigenvalue weighted by Crippen LogP contribution is -2.13. The van der Waals surface area contributed by atoms with Crippen LogP contribution >= 0.6 is 23.1 Å². The highest BCUT2D eigenvalue weighted by atomic mass is 32.2. The average Bonchev–Trinajstić information content (AvgIpc) is 3.42. The number of aromatic nitrogens is 1. The van der Waals surface area contributed by atoms with Crippen LogP contribution in [0.5, 0.6) is 5.75 Å². The Morgan fingerprint density at radius 3 is 2.84 bits per heavy atom. The maximum Gasteiger partial charge on any atom is 0.291 e. The van der Waals surface area contributed by atoms with Gasteiger partial charge in [-0.2, -0.15) is 0 Å². The van der Waals surface area contributed by atoms with Gasteiger partial charge in [0.1, 0.15) is 5.75 Å². The highest BCUT2D eigenvalue weighted by Gasteiger charge is 2.11. The third kappa shape index (κ3) is 5.44. The number of ether oxygens (including phenoxy) is 1. The minimum atomic E-state index is -0.326. The van der Waals surface area contributed by atoms with Crippen LogP contribution < -0.4 is 15.4 Å². The Bertz CT molecular complexity index is 1200. The minimum Gasteiger partial charge on any atom is -0.494 e. The zero-order valence-corrected chi connectivity index (χ0v) is 18.2. The Morgan fingerprint density at radius 1 is 1.13 bits per heavy atom. The van der Waals surface area contributed by atoms with E-state index in [-0.39, 0.29) is 23.3 Å². The monoisotopic (exact) mass is 453 g/mol. The molecule has 2 aromatic carbocycles. The number of furan rings is 1. The molecule has 2 N–H and O–H groups in total. The fourth-order valence-electron chi connectivity index (χ4n) is 2.78. The maximum atomic E-state index is 12.4. The molecule has 0 saturated carbocycles. The highest BCUT2D eigenvalue weighted by Crippen LogP contribution is 2.29. The number of hydrogen-bond acceptors (Lipinski definition) is 7. The lowest BCUT2D eigenvalue weighted by atomic mass is 10.3. The summed E-state index contributed by atoms with van der Waals surface area (Å²) in [5, 5.41) is 6.17. The highest BCUT2D eigenvalue weighted by molar-refractivity contribution is 8.00. The number of rotatable bonds is 8. The summed E-state index contributed by atoms with van der Waals surface area (Å²) in [5.41, 5.74) is 1.44. The van der Waals surface area contributed by atoms with Crippen molar-refractivity contribution in [1.82, 2.24) is 4.98 Å². The number of thioether (sulfide) groups is 1. The van der Waals surface area contributed by atoms with Gasteiger partial charge >= 0.3 is 0 Å². The van der Waals surface area contributed by atoms with E-state index in [9.17, 15) is 9.59 Å². The Balaban J connectivity index is 1.33. The van der Waals surface area contributed by atoms with Crippen LogP contribution in [0.4, 0.5) is 10.8 Å². The molecule has 2 aromatic heterocycles. The van der Waals surface area contributed by atoms with E-state index in [0.717, 1.165) is 20.9 Å². The van der Waals surface area contributed by atoms with Gasteiger partial charge in [-0.25, -0.2) is 4.98 Å². The largest absolute Gasteiger partial charge is 0.494 e. The van der Waals surface area contributed by atoms with Crippen molar-refractivity contribution in [3.05, 3.63) is 66.6 Å². The van der Waals surface area contributed by atoms with Gasteiger partial charge in [0.05, 0.1) is 28.8 Å². The second kappa shape index (κ2) is 9.67. The quantitative estimate of drug-likeness (QED) is 0.353. The second-order valence-corrected chi connectivity index (χ2v) is 8.46. The van der Waals surface area contributed by atoms with Gasteiger partial charge in [0.25, 0.3) is 5.91 Å². The van der Waals surface area contributed by atoms with E-state index in [0.29, 0.717) is 17.4 Å². The summed E-state index contributed by atoms with van der Waals surface area (Å²) in [6, 6.07) is 16.2.